The molecule has 0 fully saturated rings. The van der Waals surface area contributed by atoms with Gasteiger partial charge in [0.15, 0.2) is 6.10 Å². The Balaban J connectivity index is 2.78. The van der Waals surface area contributed by atoms with Crippen molar-refractivity contribution in [1.82, 2.24) is 5.32 Å². The highest BCUT2D eigenvalue weighted by molar-refractivity contribution is 6.35. The Morgan fingerprint density at radius 2 is 2.00 bits per heavy atom. The van der Waals surface area contributed by atoms with Gasteiger partial charge in [0.25, 0.3) is 5.91 Å². The number of carbonyl (C=O) groups excluding carboxylic acids is 1. The van der Waals surface area contributed by atoms with E-state index in [4.69, 9.17) is 27.9 Å². The molecule has 0 radical (unpaired) electrons. The van der Waals surface area contributed by atoms with E-state index in [9.17, 15) is 10.1 Å². The zero-order valence-corrected chi connectivity index (χ0v) is 13.9. The lowest BCUT2D eigenvalue weighted by molar-refractivity contribution is -0.128. The molecule has 114 valence electrons. The van der Waals surface area contributed by atoms with Gasteiger partial charge in [-0.05, 0) is 38.0 Å². The topological polar surface area (TPSA) is 62.1 Å². The van der Waals surface area contributed by atoms with E-state index < -0.39 is 11.6 Å². The second-order valence-corrected chi connectivity index (χ2v) is 6.14. The highest BCUT2D eigenvalue weighted by Crippen LogP contribution is 2.28. The first-order valence-corrected chi connectivity index (χ1v) is 7.30. The molecule has 0 aromatic heterocycles. The Kier molecular flexibility index (Phi) is 5.88. The highest BCUT2D eigenvalue weighted by Gasteiger charge is 2.32. The number of nitrogens with zero attached hydrogens (tertiary/aromatic N) is 1. The lowest BCUT2D eigenvalue weighted by Gasteiger charge is -2.28. The molecule has 0 saturated heterocycles. The van der Waals surface area contributed by atoms with Crippen LogP contribution in [0.15, 0.2) is 18.2 Å². The van der Waals surface area contributed by atoms with Crippen molar-refractivity contribution in [2.24, 2.45) is 5.92 Å². The molecule has 1 aromatic rings. The van der Waals surface area contributed by atoms with Gasteiger partial charge < -0.3 is 10.1 Å². The second-order valence-electron chi connectivity index (χ2n) is 5.29. The first kappa shape index (κ1) is 17.6. The molecule has 1 amide bonds. The van der Waals surface area contributed by atoms with E-state index in [-0.39, 0.29) is 11.8 Å². The van der Waals surface area contributed by atoms with Crippen LogP contribution in [0.2, 0.25) is 10.0 Å². The zero-order chi connectivity index (χ0) is 16.2. The zero-order valence-electron chi connectivity index (χ0n) is 12.4. The summed E-state index contributed by atoms with van der Waals surface area (Å²) in [6.45, 7) is 7.01. The number of carbonyl (C=O) groups is 1. The lowest BCUT2D eigenvalue weighted by atomic mass is 9.90. The minimum Gasteiger partial charge on any atom is -0.479 e. The maximum atomic E-state index is 12.1. The molecule has 0 spiro atoms. The van der Waals surface area contributed by atoms with Gasteiger partial charge in [-0.2, -0.15) is 5.26 Å². The van der Waals surface area contributed by atoms with E-state index in [1.165, 1.54) is 6.07 Å². The molecular formula is C15H18Cl2N2O2. The maximum absolute atomic E-state index is 12.1. The van der Waals surface area contributed by atoms with E-state index in [0.717, 1.165) is 0 Å². The summed E-state index contributed by atoms with van der Waals surface area (Å²) < 4.78 is 5.52. The molecule has 1 rings (SSSR count). The number of hydrogen-bond donors (Lipinski definition) is 1. The molecule has 0 bridgehead atoms. The minimum absolute atomic E-state index is 0.0298. The molecule has 0 aliphatic carbocycles. The number of ether oxygens (including phenoxy) is 1. The van der Waals surface area contributed by atoms with Crippen molar-refractivity contribution < 1.29 is 9.53 Å². The highest BCUT2D eigenvalue weighted by atomic mass is 35.5. The summed E-state index contributed by atoms with van der Waals surface area (Å²) in [6.07, 6.45) is -0.782. The number of halogens is 2. The Morgan fingerprint density at radius 3 is 2.48 bits per heavy atom. The van der Waals surface area contributed by atoms with E-state index >= 15 is 0 Å². The molecule has 0 heterocycles. The number of benzene rings is 1. The van der Waals surface area contributed by atoms with Gasteiger partial charge in [-0.3, -0.25) is 4.79 Å². The summed E-state index contributed by atoms with van der Waals surface area (Å²) in [5, 5.41) is 12.7. The second kappa shape index (κ2) is 7.02. The van der Waals surface area contributed by atoms with Gasteiger partial charge in [-0.25, -0.2) is 0 Å². The molecule has 1 aromatic carbocycles. The van der Waals surface area contributed by atoms with Gasteiger partial charge >= 0.3 is 0 Å². The van der Waals surface area contributed by atoms with Crippen LogP contribution in [0.3, 0.4) is 0 Å². The summed E-state index contributed by atoms with van der Waals surface area (Å²) in [5.74, 6) is -0.0385. The molecule has 0 aliphatic rings. The normalized spacial score (nSPS) is 15.0. The Morgan fingerprint density at radius 1 is 1.38 bits per heavy atom. The predicted molar refractivity (Wildman–Crippen MR) is 83.6 cm³/mol. The third-order valence-electron chi connectivity index (χ3n) is 3.34. The number of nitrogens with one attached hydrogen (secondary N) is 1. The largest absolute Gasteiger partial charge is 0.479 e. The van der Waals surface area contributed by atoms with Crippen LogP contribution in [0.4, 0.5) is 0 Å². The molecule has 0 unspecified atom stereocenters. The quantitative estimate of drug-likeness (QED) is 0.893. The summed E-state index contributed by atoms with van der Waals surface area (Å²) in [6, 6.07) is 6.88. The van der Waals surface area contributed by atoms with Crippen molar-refractivity contribution in [3.8, 4) is 11.8 Å². The number of hydrogen-bond acceptors (Lipinski definition) is 3. The van der Waals surface area contributed by atoms with Crippen LogP contribution in [0.25, 0.3) is 0 Å². The minimum atomic E-state index is -0.946. The van der Waals surface area contributed by atoms with Gasteiger partial charge in [0, 0.05) is 5.02 Å². The Bertz CT molecular complexity index is 569. The first-order chi connectivity index (χ1) is 9.69. The van der Waals surface area contributed by atoms with Crippen molar-refractivity contribution in [1.29, 1.82) is 5.26 Å². The average Bonchev–Trinajstić information content (AvgIpc) is 2.41. The monoisotopic (exact) mass is 328 g/mol. The van der Waals surface area contributed by atoms with Crippen LogP contribution < -0.4 is 10.1 Å². The number of rotatable bonds is 5. The van der Waals surface area contributed by atoms with E-state index in [1.54, 1.807) is 26.0 Å². The molecule has 6 heteroatoms. The third-order valence-corrected chi connectivity index (χ3v) is 3.87. The van der Waals surface area contributed by atoms with E-state index in [2.05, 4.69) is 11.4 Å². The fourth-order valence-electron chi connectivity index (χ4n) is 1.47. The number of amides is 1. The fourth-order valence-corrected chi connectivity index (χ4v) is 1.93. The lowest BCUT2D eigenvalue weighted by Crippen LogP contribution is -2.52. The van der Waals surface area contributed by atoms with Crippen molar-refractivity contribution >= 4 is 29.1 Å². The summed E-state index contributed by atoms with van der Waals surface area (Å²) in [5.41, 5.74) is -0.946. The SMILES string of the molecule is CC(C)[C@](C)(C#N)NC(=O)[C@H](C)Oc1ccc(Cl)cc1Cl. The van der Waals surface area contributed by atoms with Crippen molar-refractivity contribution in [3.05, 3.63) is 28.2 Å². The van der Waals surface area contributed by atoms with Gasteiger partial charge in [0.05, 0.1) is 11.1 Å². The average molecular weight is 329 g/mol. The Hall–Kier alpha value is -1.44. The van der Waals surface area contributed by atoms with Crippen molar-refractivity contribution in [2.45, 2.75) is 39.3 Å². The Labute approximate surface area is 135 Å². The van der Waals surface area contributed by atoms with Crippen LogP contribution in [-0.4, -0.2) is 17.6 Å². The molecule has 21 heavy (non-hydrogen) atoms. The molecule has 0 saturated carbocycles. The third kappa shape index (κ3) is 4.52. The standard InChI is InChI=1S/C15H18Cl2N2O2/c1-9(2)15(4,8-18)19-14(20)10(3)21-13-6-5-11(16)7-12(13)17/h5-7,9-10H,1-4H3,(H,19,20)/t10-,15-/m0/s1. The van der Waals surface area contributed by atoms with Crippen LogP contribution in [0, 0.1) is 17.2 Å². The summed E-state index contributed by atoms with van der Waals surface area (Å²) in [7, 11) is 0. The molecule has 4 nitrogen and oxygen atoms in total. The van der Waals surface area contributed by atoms with E-state index in [1.807, 2.05) is 13.8 Å². The van der Waals surface area contributed by atoms with Crippen molar-refractivity contribution in [3.63, 3.8) is 0 Å². The van der Waals surface area contributed by atoms with Gasteiger partial charge in [0.1, 0.15) is 11.3 Å². The predicted octanol–water partition coefficient (Wildman–Crippen LogP) is 3.82. The number of nitriles is 1. The van der Waals surface area contributed by atoms with Gasteiger partial charge in [-0.1, -0.05) is 37.0 Å². The van der Waals surface area contributed by atoms with Crippen LogP contribution in [-0.2, 0) is 4.79 Å². The van der Waals surface area contributed by atoms with Crippen LogP contribution >= 0.6 is 23.2 Å². The van der Waals surface area contributed by atoms with Gasteiger partial charge in [-0.15, -0.1) is 0 Å². The molecule has 0 aliphatic heterocycles. The molecule has 2 atom stereocenters. The van der Waals surface area contributed by atoms with E-state index in [0.29, 0.717) is 15.8 Å². The van der Waals surface area contributed by atoms with Gasteiger partial charge in [0.2, 0.25) is 0 Å². The summed E-state index contributed by atoms with van der Waals surface area (Å²) in [4.78, 5) is 12.1. The summed E-state index contributed by atoms with van der Waals surface area (Å²) >= 11 is 11.8. The smallest absolute Gasteiger partial charge is 0.262 e. The molecule has 1 N–H and O–H groups in total. The maximum Gasteiger partial charge on any atom is 0.262 e. The first-order valence-electron chi connectivity index (χ1n) is 6.54. The van der Waals surface area contributed by atoms with Crippen LogP contribution in [0.1, 0.15) is 27.7 Å². The fraction of sp³-hybridized carbons (Fsp3) is 0.467. The molecular weight excluding hydrogens is 311 g/mol. The van der Waals surface area contributed by atoms with Crippen molar-refractivity contribution in [2.75, 3.05) is 0 Å². The van der Waals surface area contributed by atoms with Crippen LogP contribution in [0.5, 0.6) is 5.75 Å².